The third kappa shape index (κ3) is 4.04. The highest BCUT2D eigenvalue weighted by Crippen LogP contribution is 2.10. The Labute approximate surface area is 111 Å². The minimum Gasteiger partial charge on any atom is -0.357 e. The summed E-state index contributed by atoms with van der Waals surface area (Å²) in [5.41, 5.74) is 1.26. The van der Waals surface area contributed by atoms with Gasteiger partial charge in [0.25, 0.3) is 0 Å². The van der Waals surface area contributed by atoms with Crippen LogP contribution >= 0.6 is 11.3 Å². The normalized spacial score (nSPS) is 10.5. The lowest BCUT2D eigenvalue weighted by Gasteiger charge is -2.03. The van der Waals surface area contributed by atoms with Crippen molar-refractivity contribution in [3.05, 3.63) is 46.4 Å². The number of hydrogen-bond acceptors (Lipinski definition) is 2. The average molecular weight is 262 g/mol. The van der Waals surface area contributed by atoms with E-state index in [1.165, 1.54) is 10.4 Å². The van der Waals surface area contributed by atoms with Gasteiger partial charge < -0.3 is 9.88 Å². The number of hydrogen-bond donors (Lipinski definition) is 1. The molecule has 4 heteroatoms. The van der Waals surface area contributed by atoms with Crippen LogP contribution in [-0.2, 0) is 24.7 Å². The Bertz CT molecular complexity index is 488. The molecule has 2 aromatic rings. The molecule has 2 heterocycles. The highest BCUT2D eigenvalue weighted by atomic mass is 32.1. The van der Waals surface area contributed by atoms with Crippen molar-refractivity contribution in [2.75, 3.05) is 6.54 Å². The molecule has 0 radical (unpaired) electrons. The minimum absolute atomic E-state index is 0.138. The van der Waals surface area contributed by atoms with E-state index in [-0.39, 0.29) is 5.91 Å². The van der Waals surface area contributed by atoms with Crippen LogP contribution in [0.5, 0.6) is 0 Å². The summed E-state index contributed by atoms with van der Waals surface area (Å²) in [7, 11) is 2.00. The maximum absolute atomic E-state index is 11.6. The number of aryl methyl sites for hydroxylation is 2. The first-order valence-corrected chi connectivity index (χ1v) is 7.02. The van der Waals surface area contributed by atoms with Crippen LogP contribution in [0.4, 0.5) is 0 Å². The van der Waals surface area contributed by atoms with Crippen LogP contribution in [0.3, 0.4) is 0 Å². The Balaban J connectivity index is 1.63. The highest BCUT2D eigenvalue weighted by molar-refractivity contribution is 7.09. The molecule has 0 aromatic carbocycles. The van der Waals surface area contributed by atoms with E-state index in [2.05, 4.69) is 23.6 Å². The molecule has 0 saturated heterocycles. The lowest BCUT2D eigenvalue weighted by molar-refractivity contribution is -0.121. The van der Waals surface area contributed by atoms with Crippen molar-refractivity contribution < 1.29 is 4.79 Å². The predicted molar refractivity (Wildman–Crippen MR) is 74.8 cm³/mol. The molecule has 0 aliphatic carbocycles. The molecule has 0 unspecified atom stereocenters. The fourth-order valence-electron chi connectivity index (χ4n) is 1.84. The second-order valence-electron chi connectivity index (χ2n) is 4.36. The zero-order valence-corrected chi connectivity index (χ0v) is 11.4. The summed E-state index contributed by atoms with van der Waals surface area (Å²) in [6.45, 7) is 0.716. The summed E-state index contributed by atoms with van der Waals surface area (Å²) in [5, 5.41) is 5.00. The molecule has 0 aliphatic heterocycles. The van der Waals surface area contributed by atoms with Crippen molar-refractivity contribution in [3.63, 3.8) is 0 Å². The molecule has 1 amide bonds. The van der Waals surface area contributed by atoms with E-state index >= 15 is 0 Å². The molecule has 0 fully saturated rings. The van der Waals surface area contributed by atoms with Crippen LogP contribution in [0.2, 0.25) is 0 Å². The second kappa shape index (κ2) is 6.40. The molecule has 3 nitrogen and oxygen atoms in total. The Morgan fingerprint density at radius 3 is 2.94 bits per heavy atom. The van der Waals surface area contributed by atoms with Gasteiger partial charge >= 0.3 is 0 Å². The third-order valence-corrected chi connectivity index (χ3v) is 3.74. The van der Waals surface area contributed by atoms with Gasteiger partial charge in [0.15, 0.2) is 0 Å². The smallest absolute Gasteiger partial charge is 0.220 e. The number of carbonyl (C=O) groups excluding carboxylic acids is 1. The lowest BCUT2D eigenvalue weighted by atomic mass is 10.2. The van der Waals surface area contributed by atoms with E-state index in [9.17, 15) is 4.79 Å². The second-order valence-corrected chi connectivity index (χ2v) is 5.40. The molecule has 2 aromatic heterocycles. The van der Waals surface area contributed by atoms with E-state index in [0.29, 0.717) is 13.0 Å². The van der Waals surface area contributed by atoms with Gasteiger partial charge in [0.05, 0.1) is 0 Å². The zero-order valence-electron chi connectivity index (χ0n) is 10.6. The van der Waals surface area contributed by atoms with Gasteiger partial charge in [-0.3, -0.25) is 4.79 Å². The van der Waals surface area contributed by atoms with Crippen LogP contribution in [-0.4, -0.2) is 17.0 Å². The summed E-state index contributed by atoms with van der Waals surface area (Å²) in [5.74, 6) is 0.138. The first-order chi connectivity index (χ1) is 8.74. The van der Waals surface area contributed by atoms with Crippen LogP contribution in [0, 0.1) is 0 Å². The lowest BCUT2D eigenvalue weighted by Crippen LogP contribution is -2.25. The van der Waals surface area contributed by atoms with E-state index in [1.54, 1.807) is 11.3 Å². The van der Waals surface area contributed by atoms with Crippen LogP contribution in [0.15, 0.2) is 36.0 Å². The molecule has 0 spiro atoms. The molecular formula is C14H18N2OS. The molecule has 0 atom stereocenters. The Hall–Kier alpha value is -1.55. The summed E-state index contributed by atoms with van der Waals surface area (Å²) in [6, 6.07) is 6.17. The number of carbonyl (C=O) groups is 1. The van der Waals surface area contributed by atoms with Crippen molar-refractivity contribution in [3.8, 4) is 0 Å². The summed E-state index contributed by atoms with van der Waals surface area (Å²) < 4.78 is 2.02. The van der Waals surface area contributed by atoms with Crippen molar-refractivity contribution in [2.45, 2.75) is 19.3 Å². The van der Waals surface area contributed by atoms with Gasteiger partial charge in [-0.2, -0.15) is 0 Å². The molecule has 96 valence electrons. The van der Waals surface area contributed by atoms with Crippen LogP contribution in [0.25, 0.3) is 0 Å². The van der Waals surface area contributed by atoms with Gasteiger partial charge in [-0.15, -0.1) is 11.3 Å². The SMILES string of the molecule is Cn1ccc(CCNC(=O)CCc2cccs2)c1. The van der Waals surface area contributed by atoms with Gasteiger partial charge in [0.1, 0.15) is 0 Å². The molecule has 0 bridgehead atoms. The average Bonchev–Trinajstić information content (AvgIpc) is 2.98. The standard InChI is InChI=1S/C14H18N2OS/c1-16-9-7-12(11-16)6-8-15-14(17)5-4-13-3-2-10-18-13/h2-3,7,9-11H,4-6,8H2,1H3,(H,15,17). The fraction of sp³-hybridized carbons (Fsp3) is 0.357. The summed E-state index contributed by atoms with van der Waals surface area (Å²) in [4.78, 5) is 12.9. The molecule has 0 saturated carbocycles. The van der Waals surface area contributed by atoms with Gasteiger partial charge in [0.2, 0.25) is 5.91 Å². The monoisotopic (exact) mass is 262 g/mol. The maximum Gasteiger partial charge on any atom is 0.220 e. The van der Waals surface area contributed by atoms with Crippen molar-refractivity contribution >= 4 is 17.2 Å². The van der Waals surface area contributed by atoms with Crippen LogP contribution in [0.1, 0.15) is 16.9 Å². The number of aromatic nitrogens is 1. The van der Waals surface area contributed by atoms with Gasteiger partial charge in [-0.1, -0.05) is 6.07 Å². The first-order valence-electron chi connectivity index (χ1n) is 6.14. The molecule has 2 rings (SSSR count). The first kappa shape index (κ1) is 12.9. The van der Waals surface area contributed by atoms with Crippen molar-refractivity contribution in [2.24, 2.45) is 7.05 Å². The largest absolute Gasteiger partial charge is 0.357 e. The number of nitrogens with one attached hydrogen (secondary N) is 1. The van der Waals surface area contributed by atoms with E-state index in [1.807, 2.05) is 29.3 Å². The number of nitrogens with zero attached hydrogens (tertiary/aromatic N) is 1. The minimum atomic E-state index is 0.138. The topological polar surface area (TPSA) is 34.0 Å². The number of rotatable bonds is 6. The Morgan fingerprint density at radius 2 is 2.28 bits per heavy atom. The zero-order chi connectivity index (χ0) is 12.8. The third-order valence-electron chi connectivity index (χ3n) is 2.81. The van der Waals surface area contributed by atoms with Gasteiger partial charge in [0, 0.05) is 37.3 Å². The van der Waals surface area contributed by atoms with E-state index in [0.717, 1.165) is 12.8 Å². The summed E-state index contributed by atoms with van der Waals surface area (Å²) in [6.07, 6.45) is 6.42. The predicted octanol–water partition coefficient (Wildman–Crippen LogP) is 2.38. The Morgan fingerprint density at radius 1 is 1.39 bits per heavy atom. The molecule has 18 heavy (non-hydrogen) atoms. The Kier molecular flexibility index (Phi) is 4.59. The fourth-order valence-corrected chi connectivity index (χ4v) is 2.54. The maximum atomic E-state index is 11.6. The number of thiophene rings is 1. The van der Waals surface area contributed by atoms with Gasteiger partial charge in [-0.05, 0) is 35.9 Å². The number of amides is 1. The highest BCUT2D eigenvalue weighted by Gasteiger charge is 2.02. The molecule has 1 N–H and O–H groups in total. The molecular weight excluding hydrogens is 244 g/mol. The van der Waals surface area contributed by atoms with Crippen molar-refractivity contribution in [1.82, 2.24) is 9.88 Å². The molecule has 0 aliphatic rings. The van der Waals surface area contributed by atoms with E-state index < -0.39 is 0 Å². The van der Waals surface area contributed by atoms with E-state index in [4.69, 9.17) is 0 Å². The quantitative estimate of drug-likeness (QED) is 0.852. The van der Waals surface area contributed by atoms with Gasteiger partial charge in [-0.25, -0.2) is 0 Å². The van der Waals surface area contributed by atoms with Crippen LogP contribution < -0.4 is 5.32 Å². The summed E-state index contributed by atoms with van der Waals surface area (Å²) >= 11 is 1.71. The van der Waals surface area contributed by atoms with Crippen molar-refractivity contribution in [1.29, 1.82) is 0 Å².